The van der Waals surface area contributed by atoms with Crippen molar-refractivity contribution in [2.45, 2.75) is 115 Å². The summed E-state index contributed by atoms with van der Waals surface area (Å²) in [6.45, 7) is 12.0. The first kappa shape index (κ1) is 32.1. The molecule has 214 valence electrons. The second-order valence-electron chi connectivity index (χ2n) is 10.7. The number of likely N-dealkylation sites (N-methyl/N-ethyl adjacent to an activating group) is 1. The lowest BCUT2D eigenvalue weighted by Crippen LogP contribution is -2.45. The third-order valence-electron chi connectivity index (χ3n) is 7.21. The average Bonchev–Trinajstić information content (AvgIpc) is 2.90. The van der Waals surface area contributed by atoms with Crippen LogP contribution >= 0.6 is 11.8 Å². The van der Waals surface area contributed by atoms with Crippen molar-refractivity contribution in [1.29, 1.82) is 0 Å². The van der Waals surface area contributed by atoms with Gasteiger partial charge >= 0.3 is 0 Å². The van der Waals surface area contributed by atoms with E-state index in [0.29, 0.717) is 5.95 Å². The van der Waals surface area contributed by atoms with Crippen molar-refractivity contribution in [1.82, 2.24) is 24.8 Å². The van der Waals surface area contributed by atoms with E-state index in [9.17, 15) is 0 Å². The average molecular weight is 536 g/mol. The molecule has 2 rings (SSSR count). The van der Waals surface area contributed by atoms with Gasteiger partial charge in [-0.2, -0.15) is 15.0 Å². The van der Waals surface area contributed by atoms with E-state index in [1.54, 1.807) is 11.8 Å². The van der Waals surface area contributed by atoms with E-state index in [1.165, 1.54) is 96.3 Å². The normalized spacial score (nSPS) is 14.8. The van der Waals surface area contributed by atoms with Crippen LogP contribution in [0.25, 0.3) is 0 Å². The van der Waals surface area contributed by atoms with Crippen molar-refractivity contribution in [2.75, 3.05) is 69.2 Å². The van der Waals surface area contributed by atoms with Gasteiger partial charge in [0.2, 0.25) is 11.9 Å². The standard InChI is InChI=1S/C29H57N7S/c1-4-6-8-10-12-13-14-15-17-19-30-27-32-28(31-20-21-36-24-22-35(3)23-25-36)34-29(33-27)37-26-18-16-11-9-7-5-2/h4-26H2,1-3H3,(H2,30,31,32,33,34). The molecule has 1 saturated heterocycles. The summed E-state index contributed by atoms with van der Waals surface area (Å²) in [4.78, 5) is 19.1. The number of hydrogen-bond donors (Lipinski definition) is 2. The molecule has 7 nitrogen and oxygen atoms in total. The second-order valence-corrected chi connectivity index (χ2v) is 11.8. The highest BCUT2D eigenvalue weighted by atomic mass is 32.2. The molecule has 1 aliphatic rings. The summed E-state index contributed by atoms with van der Waals surface area (Å²) in [6.07, 6.45) is 20.0. The first-order valence-electron chi connectivity index (χ1n) is 15.5. The van der Waals surface area contributed by atoms with Gasteiger partial charge in [0.05, 0.1) is 0 Å². The fourth-order valence-corrected chi connectivity index (χ4v) is 5.49. The highest BCUT2D eigenvalue weighted by Gasteiger charge is 2.13. The van der Waals surface area contributed by atoms with Gasteiger partial charge in [-0.15, -0.1) is 0 Å². The first-order valence-corrected chi connectivity index (χ1v) is 16.5. The number of anilines is 2. The van der Waals surface area contributed by atoms with Gasteiger partial charge in [0, 0.05) is 51.6 Å². The number of aromatic nitrogens is 3. The van der Waals surface area contributed by atoms with Gasteiger partial charge in [-0.25, -0.2) is 0 Å². The zero-order valence-electron chi connectivity index (χ0n) is 24.4. The van der Waals surface area contributed by atoms with Crippen molar-refractivity contribution in [2.24, 2.45) is 0 Å². The molecule has 37 heavy (non-hydrogen) atoms. The Morgan fingerprint density at radius 1 is 0.622 bits per heavy atom. The van der Waals surface area contributed by atoms with Crippen LogP contribution in [0.3, 0.4) is 0 Å². The summed E-state index contributed by atoms with van der Waals surface area (Å²) in [5.41, 5.74) is 0. The number of piperazine rings is 1. The maximum Gasteiger partial charge on any atom is 0.228 e. The van der Waals surface area contributed by atoms with Crippen LogP contribution in [0.1, 0.15) is 110 Å². The summed E-state index contributed by atoms with van der Waals surface area (Å²) in [6, 6.07) is 0. The van der Waals surface area contributed by atoms with Crippen molar-refractivity contribution in [3.8, 4) is 0 Å². The number of unbranched alkanes of at least 4 members (excludes halogenated alkanes) is 13. The molecule has 0 radical (unpaired) electrons. The number of thioether (sulfide) groups is 1. The van der Waals surface area contributed by atoms with Crippen LogP contribution in [0.2, 0.25) is 0 Å². The van der Waals surface area contributed by atoms with Crippen LogP contribution in [0, 0.1) is 0 Å². The second kappa shape index (κ2) is 21.8. The molecule has 0 amide bonds. The summed E-state index contributed by atoms with van der Waals surface area (Å²) in [7, 11) is 2.20. The fraction of sp³-hybridized carbons (Fsp3) is 0.897. The van der Waals surface area contributed by atoms with Crippen LogP contribution in [-0.2, 0) is 0 Å². The molecule has 0 saturated carbocycles. The van der Waals surface area contributed by atoms with Crippen molar-refractivity contribution in [3.05, 3.63) is 0 Å². The molecule has 1 fully saturated rings. The maximum atomic E-state index is 4.74. The molecule has 1 aromatic heterocycles. The van der Waals surface area contributed by atoms with E-state index in [-0.39, 0.29) is 0 Å². The van der Waals surface area contributed by atoms with Gasteiger partial charge in [-0.05, 0) is 19.9 Å². The Kier molecular flexibility index (Phi) is 18.9. The molecule has 2 N–H and O–H groups in total. The molecule has 0 bridgehead atoms. The predicted octanol–water partition coefficient (Wildman–Crippen LogP) is 6.93. The number of hydrogen-bond acceptors (Lipinski definition) is 8. The number of nitrogens with zero attached hydrogens (tertiary/aromatic N) is 5. The Morgan fingerprint density at radius 2 is 1.14 bits per heavy atom. The van der Waals surface area contributed by atoms with Crippen molar-refractivity contribution < 1.29 is 0 Å². The lowest BCUT2D eigenvalue weighted by atomic mass is 10.1. The molecule has 0 unspecified atom stereocenters. The Morgan fingerprint density at radius 3 is 1.73 bits per heavy atom. The monoisotopic (exact) mass is 535 g/mol. The highest BCUT2D eigenvalue weighted by molar-refractivity contribution is 7.99. The minimum absolute atomic E-state index is 0.712. The molecule has 0 atom stereocenters. The fourth-order valence-electron chi connectivity index (χ4n) is 4.66. The van der Waals surface area contributed by atoms with Crippen LogP contribution < -0.4 is 10.6 Å². The number of nitrogens with one attached hydrogen (secondary N) is 2. The first-order chi connectivity index (χ1) is 18.2. The van der Waals surface area contributed by atoms with Gasteiger partial charge in [0.15, 0.2) is 5.16 Å². The third kappa shape index (κ3) is 16.4. The molecule has 0 spiro atoms. The quantitative estimate of drug-likeness (QED) is 0.115. The van der Waals surface area contributed by atoms with Gasteiger partial charge < -0.3 is 15.5 Å². The largest absolute Gasteiger partial charge is 0.354 e. The number of rotatable bonds is 23. The SMILES string of the molecule is CCCCCCCCCCCNc1nc(NCCN2CCN(C)CC2)nc(SCCCCCCCC)n1. The van der Waals surface area contributed by atoms with E-state index in [2.05, 4.69) is 41.3 Å². The Labute approximate surface area is 232 Å². The molecular weight excluding hydrogens is 478 g/mol. The van der Waals surface area contributed by atoms with Crippen molar-refractivity contribution >= 4 is 23.7 Å². The zero-order valence-corrected chi connectivity index (χ0v) is 25.2. The molecular formula is C29H57N7S. The van der Waals surface area contributed by atoms with Crippen LogP contribution in [0.4, 0.5) is 11.9 Å². The van der Waals surface area contributed by atoms with E-state index in [0.717, 1.165) is 62.7 Å². The summed E-state index contributed by atoms with van der Waals surface area (Å²) >= 11 is 1.77. The van der Waals surface area contributed by atoms with Crippen molar-refractivity contribution in [3.63, 3.8) is 0 Å². The van der Waals surface area contributed by atoms with Gasteiger partial charge in [0.1, 0.15) is 0 Å². The molecule has 1 aliphatic heterocycles. The van der Waals surface area contributed by atoms with Gasteiger partial charge in [-0.3, -0.25) is 4.90 Å². The van der Waals surface area contributed by atoms with Gasteiger partial charge in [-0.1, -0.05) is 109 Å². The summed E-state index contributed by atoms with van der Waals surface area (Å²) in [5.74, 6) is 2.51. The van der Waals surface area contributed by atoms with E-state index in [4.69, 9.17) is 15.0 Å². The van der Waals surface area contributed by atoms with E-state index < -0.39 is 0 Å². The minimum Gasteiger partial charge on any atom is -0.354 e. The molecule has 1 aromatic rings. The van der Waals surface area contributed by atoms with E-state index in [1.807, 2.05) is 0 Å². The van der Waals surface area contributed by atoms with E-state index >= 15 is 0 Å². The predicted molar refractivity (Wildman–Crippen MR) is 162 cm³/mol. The lowest BCUT2D eigenvalue weighted by molar-refractivity contribution is 0.158. The molecule has 8 heteroatoms. The molecule has 0 aromatic carbocycles. The Hall–Kier alpha value is -1.12. The van der Waals surface area contributed by atoms with Crippen LogP contribution in [0.5, 0.6) is 0 Å². The minimum atomic E-state index is 0.712. The van der Waals surface area contributed by atoms with Crippen LogP contribution in [0.15, 0.2) is 5.16 Å². The topological polar surface area (TPSA) is 69.2 Å². The smallest absolute Gasteiger partial charge is 0.228 e. The Balaban J connectivity index is 1.73. The van der Waals surface area contributed by atoms with Gasteiger partial charge in [0.25, 0.3) is 0 Å². The molecule has 0 aliphatic carbocycles. The zero-order chi connectivity index (χ0) is 26.4. The maximum absolute atomic E-state index is 4.74. The summed E-state index contributed by atoms with van der Waals surface area (Å²) < 4.78 is 0. The Bertz CT molecular complexity index is 668. The van der Waals surface area contributed by atoms with Crippen LogP contribution in [-0.4, -0.2) is 83.4 Å². The third-order valence-corrected chi connectivity index (χ3v) is 8.15. The molecule has 2 heterocycles. The summed E-state index contributed by atoms with van der Waals surface area (Å²) in [5, 5.41) is 7.81. The lowest BCUT2D eigenvalue weighted by Gasteiger charge is -2.32. The highest BCUT2D eigenvalue weighted by Crippen LogP contribution is 2.19.